The molecular weight excluding hydrogens is 402 g/mol. The van der Waals surface area contributed by atoms with E-state index in [2.05, 4.69) is 97.3 Å². The number of ether oxygens (including phenoxy) is 1. The van der Waals surface area contributed by atoms with Crippen LogP contribution in [0.4, 0.5) is 11.4 Å². The second-order valence-electron chi connectivity index (χ2n) is 7.64. The zero-order chi connectivity index (χ0) is 23.0. The number of hydrogen-bond donors (Lipinski definition) is 1. The van der Waals surface area contributed by atoms with Crippen LogP contribution >= 0.6 is 0 Å². The van der Waals surface area contributed by atoms with Crippen LogP contribution in [-0.2, 0) is 0 Å². The number of para-hydroxylation sites is 1. The summed E-state index contributed by atoms with van der Waals surface area (Å²) in [4.78, 5) is 0. The highest BCUT2D eigenvalue weighted by atomic mass is 16.5. The molecule has 0 saturated carbocycles. The van der Waals surface area contributed by atoms with Crippen LogP contribution in [0.1, 0.15) is 12.5 Å². The van der Waals surface area contributed by atoms with Gasteiger partial charge < -0.3 is 10.1 Å². The van der Waals surface area contributed by atoms with Crippen molar-refractivity contribution in [2.45, 2.75) is 6.92 Å². The first-order valence-corrected chi connectivity index (χ1v) is 10.9. The van der Waals surface area contributed by atoms with Gasteiger partial charge in [-0.25, -0.2) is 0 Å². The molecule has 4 aromatic rings. The van der Waals surface area contributed by atoms with Crippen LogP contribution in [0.3, 0.4) is 0 Å². The molecule has 0 heterocycles. The second kappa shape index (κ2) is 10.3. The fourth-order valence-corrected chi connectivity index (χ4v) is 3.79. The van der Waals surface area contributed by atoms with Crippen molar-refractivity contribution in [2.75, 3.05) is 5.32 Å². The van der Waals surface area contributed by atoms with Crippen molar-refractivity contribution in [1.29, 1.82) is 0 Å². The van der Waals surface area contributed by atoms with Gasteiger partial charge in [0.15, 0.2) is 0 Å². The molecule has 0 atom stereocenters. The summed E-state index contributed by atoms with van der Waals surface area (Å²) in [6, 6.07) is 33.3. The highest BCUT2D eigenvalue weighted by Gasteiger charge is 2.12. The summed E-state index contributed by atoms with van der Waals surface area (Å²) in [6.07, 6.45) is 5.41. The predicted octanol–water partition coefficient (Wildman–Crippen LogP) is 8.88. The van der Waals surface area contributed by atoms with Gasteiger partial charge in [-0.2, -0.15) is 0 Å². The zero-order valence-corrected chi connectivity index (χ0v) is 18.8. The monoisotopic (exact) mass is 429 g/mol. The number of rotatable bonds is 8. The van der Waals surface area contributed by atoms with Gasteiger partial charge in [-0.15, -0.1) is 0 Å². The minimum atomic E-state index is 0.757. The van der Waals surface area contributed by atoms with Crippen LogP contribution in [0.15, 0.2) is 129 Å². The van der Waals surface area contributed by atoms with Gasteiger partial charge in [0.05, 0.1) is 6.26 Å². The van der Waals surface area contributed by atoms with Gasteiger partial charge >= 0.3 is 0 Å². The van der Waals surface area contributed by atoms with Crippen molar-refractivity contribution in [3.05, 3.63) is 134 Å². The Bertz CT molecular complexity index is 1270. The first kappa shape index (κ1) is 21.9. The lowest BCUT2D eigenvalue weighted by molar-refractivity contribution is 0.484. The van der Waals surface area contributed by atoms with E-state index in [0.717, 1.165) is 39.4 Å². The third kappa shape index (κ3) is 5.13. The Morgan fingerprint density at radius 1 is 0.727 bits per heavy atom. The molecule has 0 amide bonds. The number of hydrogen-bond acceptors (Lipinski definition) is 2. The topological polar surface area (TPSA) is 21.3 Å². The highest BCUT2D eigenvalue weighted by molar-refractivity contribution is 5.84. The van der Waals surface area contributed by atoms with Crippen molar-refractivity contribution in [2.24, 2.45) is 0 Å². The predicted molar refractivity (Wildman–Crippen MR) is 142 cm³/mol. The van der Waals surface area contributed by atoms with Crippen molar-refractivity contribution in [3.8, 4) is 28.0 Å². The van der Waals surface area contributed by atoms with Crippen LogP contribution in [0.2, 0.25) is 0 Å². The van der Waals surface area contributed by atoms with Crippen molar-refractivity contribution >= 4 is 16.9 Å². The van der Waals surface area contributed by atoms with Crippen LogP contribution in [-0.4, -0.2) is 0 Å². The zero-order valence-electron chi connectivity index (χ0n) is 18.8. The average molecular weight is 430 g/mol. The molecule has 0 bridgehead atoms. The molecule has 0 aromatic heterocycles. The standard InChI is InChI=1S/C31H27NO/c1-4-10-23(3)29-13-9-14-30(31(29)33-5-2)26-17-21-28(22-18-26)32-27-19-15-25(16-20-27)24-11-7-6-8-12-24/h4-22,32H,2-3H2,1H3/b10-4-. The summed E-state index contributed by atoms with van der Waals surface area (Å²) in [5.41, 5.74) is 8.38. The molecule has 0 aliphatic heterocycles. The lowest BCUT2D eigenvalue weighted by Crippen LogP contribution is -1.94. The van der Waals surface area contributed by atoms with Gasteiger partial charge in [-0.3, -0.25) is 0 Å². The maximum Gasteiger partial charge on any atom is 0.142 e. The van der Waals surface area contributed by atoms with Crippen LogP contribution < -0.4 is 10.1 Å². The van der Waals surface area contributed by atoms with E-state index >= 15 is 0 Å². The second-order valence-corrected chi connectivity index (χ2v) is 7.64. The minimum absolute atomic E-state index is 0.757. The van der Waals surface area contributed by atoms with Gasteiger partial charge in [0.2, 0.25) is 0 Å². The summed E-state index contributed by atoms with van der Waals surface area (Å²) in [6.45, 7) is 9.89. The highest BCUT2D eigenvalue weighted by Crippen LogP contribution is 2.37. The lowest BCUT2D eigenvalue weighted by Gasteiger charge is -2.15. The van der Waals surface area contributed by atoms with Crippen LogP contribution in [0.25, 0.3) is 27.8 Å². The van der Waals surface area contributed by atoms with E-state index in [0.29, 0.717) is 0 Å². The Hall–Kier alpha value is -4.30. The normalized spacial score (nSPS) is 10.7. The van der Waals surface area contributed by atoms with Crippen LogP contribution in [0, 0.1) is 0 Å². The molecule has 0 radical (unpaired) electrons. The molecule has 0 fully saturated rings. The van der Waals surface area contributed by atoms with Gasteiger partial charge in [0.25, 0.3) is 0 Å². The Morgan fingerprint density at radius 2 is 1.33 bits per heavy atom. The molecule has 162 valence electrons. The van der Waals surface area contributed by atoms with E-state index in [4.69, 9.17) is 4.74 Å². The summed E-state index contributed by atoms with van der Waals surface area (Å²) < 4.78 is 5.82. The molecule has 0 unspecified atom stereocenters. The van der Waals surface area contributed by atoms with Crippen molar-refractivity contribution in [3.63, 3.8) is 0 Å². The smallest absolute Gasteiger partial charge is 0.142 e. The van der Waals surface area contributed by atoms with Gasteiger partial charge in [0.1, 0.15) is 5.75 Å². The molecule has 0 aliphatic rings. The minimum Gasteiger partial charge on any atom is -0.464 e. The van der Waals surface area contributed by atoms with E-state index in [1.807, 2.05) is 37.3 Å². The molecule has 33 heavy (non-hydrogen) atoms. The third-order valence-electron chi connectivity index (χ3n) is 5.41. The Labute approximate surface area is 196 Å². The summed E-state index contributed by atoms with van der Waals surface area (Å²) in [5, 5.41) is 3.48. The molecule has 4 rings (SSSR count). The summed E-state index contributed by atoms with van der Waals surface area (Å²) >= 11 is 0. The molecule has 2 heteroatoms. The van der Waals surface area contributed by atoms with E-state index < -0.39 is 0 Å². The number of allylic oxidation sites excluding steroid dienone is 3. The fraction of sp³-hybridized carbons (Fsp3) is 0.0323. The molecule has 4 aromatic carbocycles. The Kier molecular flexibility index (Phi) is 6.87. The first-order chi connectivity index (χ1) is 16.2. The SMILES string of the molecule is C=COc1c(C(=C)/C=C\C)cccc1-c1ccc(Nc2ccc(-c3ccccc3)cc2)cc1. The van der Waals surface area contributed by atoms with Gasteiger partial charge in [-0.1, -0.05) is 98.1 Å². The quantitative estimate of drug-likeness (QED) is 0.223. The molecule has 2 nitrogen and oxygen atoms in total. The Morgan fingerprint density at radius 3 is 1.94 bits per heavy atom. The number of nitrogens with one attached hydrogen (secondary N) is 1. The van der Waals surface area contributed by atoms with Crippen molar-refractivity contribution in [1.82, 2.24) is 0 Å². The lowest BCUT2D eigenvalue weighted by atomic mass is 9.97. The maximum atomic E-state index is 5.82. The molecule has 1 N–H and O–H groups in total. The van der Waals surface area contributed by atoms with Crippen molar-refractivity contribution < 1.29 is 4.74 Å². The molecule has 0 spiro atoms. The number of benzene rings is 4. The van der Waals surface area contributed by atoms with Crippen LogP contribution in [0.5, 0.6) is 5.75 Å². The first-order valence-electron chi connectivity index (χ1n) is 10.9. The van der Waals surface area contributed by atoms with E-state index in [1.165, 1.54) is 17.4 Å². The van der Waals surface area contributed by atoms with Gasteiger partial charge in [0, 0.05) is 22.5 Å². The van der Waals surface area contributed by atoms with E-state index in [9.17, 15) is 0 Å². The van der Waals surface area contributed by atoms with E-state index in [-0.39, 0.29) is 0 Å². The van der Waals surface area contributed by atoms with E-state index in [1.54, 1.807) is 0 Å². The fourth-order valence-electron chi connectivity index (χ4n) is 3.79. The average Bonchev–Trinajstić information content (AvgIpc) is 2.86. The molecule has 0 aliphatic carbocycles. The van der Waals surface area contributed by atoms with Gasteiger partial charge in [-0.05, 0) is 53.5 Å². The molecular formula is C31H27NO. The molecule has 0 saturated heterocycles. The Balaban J connectivity index is 1.56. The summed E-state index contributed by atoms with van der Waals surface area (Å²) in [5.74, 6) is 0.757. The summed E-state index contributed by atoms with van der Waals surface area (Å²) in [7, 11) is 0. The number of anilines is 2. The largest absolute Gasteiger partial charge is 0.464 e. The third-order valence-corrected chi connectivity index (χ3v) is 5.41. The maximum absolute atomic E-state index is 5.82.